The van der Waals surface area contributed by atoms with Crippen LogP contribution in [-0.4, -0.2) is 55.3 Å². The van der Waals surface area contributed by atoms with Crippen molar-refractivity contribution < 1.29 is 35.9 Å². The van der Waals surface area contributed by atoms with Crippen molar-refractivity contribution in [2.75, 3.05) is 11.4 Å². The van der Waals surface area contributed by atoms with Crippen LogP contribution in [0, 0.1) is 17.8 Å². The number of aromatic amines is 1. The molecule has 2 heterocycles. The van der Waals surface area contributed by atoms with Crippen molar-refractivity contribution in [3.8, 4) is 0 Å². The normalized spacial score (nSPS) is 29.8. The van der Waals surface area contributed by atoms with Crippen LogP contribution >= 0.6 is 0 Å². The predicted octanol–water partition coefficient (Wildman–Crippen LogP) is 6.06. The summed E-state index contributed by atoms with van der Waals surface area (Å²) in [5.74, 6) is 0.514. The minimum Gasteiger partial charge on any atom is -0.447 e. The maximum Gasteiger partial charge on any atom is 0.416 e. The first-order chi connectivity index (χ1) is 18.5. The molecule has 0 bridgehead atoms. The molecule has 14 heteroatoms. The van der Waals surface area contributed by atoms with Crippen LogP contribution in [0.2, 0.25) is 0 Å². The number of hydrogen-bond acceptors (Lipinski definition) is 6. The molecule has 2 aromatic rings. The quantitative estimate of drug-likeness (QED) is 0.423. The molecule has 1 aromatic carbocycles. The summed E-state index contributed by atoms with van der Waals surface area (Å²) in [5, 5.41) is 13.8. The van der Waals surface area contributed by atoms with Gasteiger partial charge in [-0.05, 0) is 86.3 Å². The fourth-order valence-corrected chi connectivity index (χ4v) is 6.73. The minimum atomic E-state index is -4.95. The van der Waals surface area contributed by atoms with E-state index in [4.69, 9.17) is 4.74 Å². The second kappa shape index (κ2) is 9.51. The molecule has 2 spiro atoms. The third kappa shape index (κ3) is 5.20. The highest BCUT2D eigenvalue weighted by molar-refractivity contribution is 5.72. The summed E-state index contributed by atoms with van der Waals surface area (Å²) < 4.78 is 86.6. The van der Waals surface area contributed by atoms with E-state index in [2.05, 4.69) is 34.5 Å². The molecule has 5 atom stereocenters. The van der Waals surface area contributed by atoms with Crippen LogP contribution in [0.1, 0.15) is 70.1 Å². The molecule has 3 aliphatic rings. The highest BCUT2D eigenvalue weighted by atomic mass is 19.4. The first-order valence-corrected chi connectivity index (χ1v) is 13.3. The van der Waals surface area contributed by atoms with Gasteiger partial charge in [-0.2, -0.15) is 31.6 Å². The smallest absolute Gasteiger partial charge is 0.416 e. The van der Waals surface area contributed by atoms with Crippen molar-refractivity contribution >= 4 is 12.0 Å². The van der Waals surface area contributed by atoms with Crippen molar-refractivity contribution in [1.82, 2.24) is 25.5 Å². The van der Waals surface area contributed by atoms with E-state index in [1.807, 2.05) is 4.90 Å². The summed E-state index contributed by atoms with van der Waals surface area (Å²) in [6, 6.07) is 1.56. The number of likely N-dealkylation sites (tertiary alicyclic amines) is 1. The molecule has 1 aliphatic heterocycles. The first kappa shape index (κ1) is 28.5. The molecule has 220 valence electrons. The zero-order valence-electron chi connectivity index (χ0n) is 22.6. The molecular formula is C26H32F6N6O2. The van der Waals surface area contributed by atoms with Gasteiger partial charge in [0, 0.05) is 13.1 Å². The first-order valence-electron chi connectivity index (χ1n) is 13.3. The molecular weight excluding hydrogens is 542 g/mol. The lowest BCUT2D eigenvalue weighted by atomic mass is 9.80. The average molecular weight is 575 g/mol. The van der Waals surface area contributed by atoms with E-state index in [0.29, 0.717) is 12.8 Å². The van der Waals surface area contributed by atoms with Crippen LogP contribution < -0.4 is 4.90 Å². The van der Waals surface area contributed by atoms with Gasteiger partial charge >= 0.3 is 18.4 Å². The van der Waals surface area contributed by atoms with Crippen molar-refractivity contribution in [3.05, 3.63) is 34.9 Å². The molecule has 2 saturated carbocycles. The molecule has 1 saturated heterocycles. The SMILES string of the molecule is CC(C)OC(=O)N1C2(CC(CN(Cc3cc(C(F)(F)F)cc(C(F)(F)F)c3)c3nn[nH]n3)C[C@]13C[C@H]3C)C[C@H]2C. The maximum absolute atomic E-state index is 13.5. The Balaban J connectivity index is 1.44. The van der Waals surface area contributed by atoms with Crippen molar-refractivity contribution in [1.29, 1.82) is 0 Å². The number of benzene rings is 1. The van der Waals surface area contributed by atoms with Crippen LogP contribution in [-0.2, 0) is 23.6 Å². The monoisotopic (exact) mass is 574 g/mol. The van der Waals surface area contributed by atoms with Gasteiger partial charge in [-0.3, -0.25) is 4.90 Å². The van der Waals surface area contributed by atoms with Gasteiger partial charge in [-0.25, -0.2) is 4.79 Å². The second-order valence-corrected chi connectivity index (χ2v) is 12.0. The Kier molecular flexibility index (Phi) is 6.77. The zero-order valence-corrected chi connectivity index (χ0v) is 22.6. The number of piperidine rings is 1. The van der Waals surface area contributed by atoms with Gasteiger partial charge in [0.1, 0.15) is 0 Å². The average Bonchev–Trinajstić information content (AvgIpc) is 3.50. The van der Waals surface area contributed by atoms with Gasteiger partial charge in [0.15, 0.2) is 0 Å². The molecule has 0 radical (unpaired) electrons. The largest absolute Gasteiger partial charge is 0.447 e. The number of tetrazole rings is 1. The molecule has 5 rings (SSSR count). The Morgan fingerprint density at radius 1 is 1.02 bits per heavy atom. The molecule has 3 fully saturated rings. The van der Waals surface area contributed by atoms with Crippen LogP contribution in [0.25, 0.3) is 0 Å². The van der Waals surface area contributed by atoms with Crippen molar-refractivity contribution in [3.63, 3.8) is 0 Å². The van der Waals surface area contributed by atoms with Gasteiger partial charge < -0.3 is 9.64 Å². The number of nitrogens with zero attached hydrogens (tertiary/aromatic N) is 5. The summed E-state index contributed by atoms with van der Waals surface area (Å²) >= 11 is 0. The molecule has 2 unspecified atom stereocenters. The molecule has 8 nitrogen and oxygen atoms in total. The van der Waals surface area contributed by atoms with Gasteiger partial charge in [-0.15, -0.1) is 5.10 Å². The van der Waals surface area contributed by atoms with E-state index in [0.717, 1.165) is 25.0 Å². The fourth-order valence-electron chi connectivity index (χ4n) is 6.73. The number of nitrogens with one attached hydrogen (secondary N) is 1. The van der Waals surface area contributed by atoms with E-state index in [1.165, 1.54) is 0 Å². The van der Waals surface area contributed by atoms with Crippen molar-refractivity contribution in [2.45, 2.75) is 89.5 Å². The highest BCUT2D eigenvalue weighted by Gasteiger charge is 2.72. The number of halogens is 6. The molecule has 1 aromatic heterocycles. The summed E-state index contributed by atoms with van der Waals surface area (Å²) in [6.07, 6.45) is -7.65. The molecule has 40 heavy (non-hydrogen) atoms. The Labute approximate surface area is 227 Å². The van der Waals surface area contributed by atoms with Crippen LogP contribution in [0.15, 0.2) is 18.2 Å². The number of hydrogen-bond donors (Lipinski definition) is 1. The number of amides is 1. The minimum absolute atomic E-state index is 0.0237. The molecule has 2 aliphatic carbocycles. The van der Waals surface area contributed by atoms with Gasteiger partial charge in [0.2, 0.25) is 0 Å². The van der Waals surface area contributed by atoms with E-state index in [9.17, 15) is 31.1 Å². The number of carbonyl (C=O) groups excluding carboxylic acids is 1. The van der Waals surface area contributed by atoms with E-state index in [-0.39, 0.29) is 60.6 Å². The van der Waals surface area contributed by atoms with Gasteiger partial charge in [-0.1, -0.05) is 18.9 Å². The second-order valence-electron chi connectivity index (χ2n) is 12.0. The lowest BCUT2D eigenvalue weighted by Crippen LogP contribution is -2.58. The Morgan fingerprint density at radius 3 is 1.95 bits per heavy atom. The number of anilines is 1. The fraction of sp³-hybridized carbons (Fsp3) is 0.692. The maximum atomic E-state index is 13.5. The Bertz CT molecular complexity index is 1190. The Morgan fingerprint density at radius 2 is 1.55 bits per heavy atom. The number of rotatable bonds is 6. The molecule has 1 amide bonds. The lowest BCUT2D eigenvalue weighted by molar-refractivity contribution is -0.143. The van der Waals surface area contributed by atoms with E-state index >= 15 is 0 Å². The van der Waals surface area contributed by atoms with Crippen molar-refractivity contribution in [2.24, 2.45) is 17.8 Å². The number of ether oxygens (including phenoxy) is 1. The summed E-state index contributed by atoms with van der Waals surface area (Å²) in [5.41, 5.74) is -3.73. The third-order valence-corrected chi connectivity index (χ3v) is 8.64. The topological polar surface area (TPSA) is 87.2 Å². The van der Waals surface area contributed by atoms with E-state index in [1.54, 1.807) is 18.7 Å². The number of H-pyrrole nitrogens is 1. The van der Waals surface area contributed by atoms with Crippen LogP contribution in [0.5, 0.6) is 0 Å². The predicted molar refractivity (Wildman–Crippen MR) is 131 cm³/mol. The molecule has 1 N–H and O–H groups in total. The summed E-state index contributed by atoms with van der Waals surface area (Å²) in [4.78, 5) is 16.8. The Hall–Kier alpha value is -3.06. The van der Waals surface area contributed by atoms with E-state index < -0.39 is 34.6 Å². The highest BCUT2D eigenvalue weighted by Crippen LogP contribution is 2.67. The van der Waals surface area contributed by atoms with Crippen LogP contribution in [0.3, 0.4) is 0 Å². The summed E-state index contributed by atoms with van der Waals surface area (Å²) in [7, 11) is 0. The number of aromatic nitrogens is 4. The number of alkyl halides is 6. The van der Waals surface area contributed by atoms with Gasteiger partial charge in [0.25, 0.3) is 5.95 Å². The zero-order chi connectivity index (χ0) is 29.3. The lowest BCUT2D eigenvalue weighted by Gasteiger charge is -2.48. The standard InChI is InChI=1S/C26H32F6N6O2/c1-14(2)40-22(39)38-23(8-15(23)3)10-18(11-24(38)9-16(24)4)13-37(21-33-35-36-34-21)12-17-5-19(25(27,28)29)7-20(6-17)26(30,31)32/h5-7,14-16,18H,8-13H2,1-4H3,(H,33,34,35,36)/t15-,16-,18?,23+,24?/m1/s1. The number of carbonyl (C=O) groups is 1. The third-order valence-electron chi connectivity index (χ3n) is 8.64. The van der Waals surface area contributed by atoms with Crippen LogP contribution in [0.4, 0.5) is 37.1 Å². The summed E-state index contributed by atoms with van der Waals surface area (Å²) in [6.45, 7) is 7.75. The van der Waals surface area contributed by atoms with Gasteiger partial charge in [0.05, 0.1) is 28.3 Å².